The van der Waals surface area contributed by atoms with Gasteiger partial charge in [-0.3, -0.25) is 4.99 Å². The van der Waals surface area contributed by atoms with Crippen LogP contribution in [0.15, 0.2) is 41.4 Å². The van der Waals surface area contributed by atoms with E-state index in [4.69, 9.17) is 0 Å². The van der Waals surface area contributed by atoms with Crippen LogP contribution in [-0.4, -0.2) is 18.9 Å². The van der Waals surface area contributed by atoms with Crippen molar-refractivity contribution in [2.75, 3.05) is 7.05 Å². The normalized spacial score (nSPS) is 13.5. The Morgan fingerprint density at radius 1 is 1.20 bits per heavy atom. The highest BCUT2D eigenvalue weighted by Gasteiger charge is 2.32. The van der Waals surface area contributed by atoms with E-state index in [1.165, 1.54) is 6.08 Å². The van der Waals surface area contributed by atoms with Gasteiger partial charge in [0.25, 0.3) is 0 Å². The molecular weight excluding hydrogens is 203 g/mol. The topological polar surface area (TPSA) is 12.4 Å². The first-order valence-corrected chi connectivity index (χ1v) is 4.31. The van der Waals surface area contributed by atoms with Gasteiger partial charge in [-0.1, -0.05) is 36.4 Å². The van der Waals surface area contributed by atoms with Crippen LogP contribution in [0.5, 0.6) is 0 Å². The predicted molar refractivity (Wildman–Crippen MR) is 54.9 cm³/mol. The standard InChI is InChI=1S/C11H10F3N/c1-15-10(11(12,13)14)8-7-9-5-3-2-4-6-9/h2-8H,1H3/b8-7+,15-10?. The van der Waals surface area contributed by atoms with E-state index >= 15 is 0 Å². The molecular formula is C11H10F3N. The minimum Gasteiger partial charge on any atom is -0.284 e. The molecule has 1 aromatic carbocycles. The largest absolute Gasteiger partial charge is 0.432 e. The second-order valence-corrected chi connectivity index (χ2v) is 2.85. The van der Waals surface area contributed by atoms with Crippen LogP contribution in [0.1, 0.15) is 5.56 Å². The molecule has 1 aromatic rings. The lowest BCUT2D eigenvalue weighted by Gasteiger charge is -2.04. The zero-order valence-electron chi connectivity index (χ0n) is 8.12. The number of allylic oxidation sites excluding steroid dienone is 1. The van der Waals surface area contributed by atoms with Crippen molar-refractivity contribution in [2.45, 2.75) is 6.18 Å². The Labute approximate surface area is 86.0 Å². The molecule has 80 valence electrons. The Hall–Kier alpha value is -1.58. The van der Waals surface area contributed by atoms with Crippen LogP contribution in [0, 0.1) is 0 Å². The fourth-order valence-electron chi connectivity index (χ4n) is 1.04. The maximum absolute atomic E-state index is 12.2. The van der Waals surface area contributed by atoms with Crippen molar-refractivity contribution in [3.8, 4) is 0 Å². The van der Waals surface area contributed by atoms with Crippen molar-refractivity contribution in [1.82, 2.24) is 0 Å². The zero-order valence-corrected chi connectivity index (χ0v) is 8.12. The van der Waals surface area contributed by atoms with Crippen molar-refractivity contribution in [3.05, 3.63) is 42.0 Å². The van der Waals surface area contributed by atoms with Crippen LogP contribution in [0.3, 0.4) is 0 Å². The van der Waals surface area contributed by atoms with Crippen molar-refractivity contribution in [2.24, 2.45) is 4.99 Å². The predicted octanol–water partition coefficient (Wildman–Crippen LogP) is 3.33. The third kappa shape index (κ3) is 3.58. The van der Waals surface area contributed by atoms with E-state index in [0.717, 1.165) is 13.1 Å². The molecule has 0 saturated carbocycles. The minimum absolute atomic E-state index is 0.711. The fraction of sp³-hybridized carbons (Fsp3) is 0.182. The van der Waals surface area contributed by atoms with Crippen molar-refractivity contribution in [1.29, 1.82) is 0 Å². The minimum atomic E-state index is -4.39. The summed E-state index contributed by atoms with van der Waals surface area (Å²) in [4.78, 5) is 3.18. The molecule has 0 atom stereocenters. The van der Waals surface area contributed by atoms with E-state index < -0.39 is 11.9 Å². The lowest BCUT2D eigenvalue weighted by atomic mass is 10.2. The summed E-state index contributed by atoms with van der Waals surface area (Å²) in [5, 5.41) is 0. The number of benzene rings is 1. The highest BCUT2D eigenvalue weighted by atomic mass is 19.4. The molecule has 0 unspecified atom stereocenters. The van der Waals surface area contributed by atoms with Crippen LogP contribution in [0.25, 0.3) is 6.08 Å². The van der Waals surface area contributed by atoms with Gasteiger partial charge in [0.15, 0.2) is 0 Å². The van der Waals surface area contributed by atoms with Crippen molar-refractivity contribution >= 4 is 11.8 Å². The lowest BCUT2D eigenvalue weighted by Crippen LogP contribution is -2.20. The molecule has 15 heavy (non-hydrogen) atoms. The van der Waals surface area contributed by atoms with Gasteiger partial charge < -0.3 is 0 Å². The molecule has 1 rings (SSSR count). The van der Waals surface area contributed by atoms with Gasteiger partial charge in [0.05, 0.1) is 0 Å². The number of alkyl halides is 3. The van der Waals surface area contributed by atoms with Crippen LogP contribution in [0.2, 0.25) is 0 Å². The third-order valence-corrected chi connectivity index (χ3v) is 1.76. The van der Waals surface area contributed by atoms with Gasteiger partial charge in [0, 0.05) is 7.05 Å². The van der Waals surface area contributed by atoms with Gasteiger partial charge in [-0.25, -0.2) is 0 Å². The van der Waals surface area contributed by atoms with Crippen molar-refractivity contribution < 1.29 is 13.2 Å². The van der Waals surface area contributed by atoms with E-state index in [1.807, 2.05) is 0 Å². The number of hydrogen-bond acceptors (Lipinski definition) is 1. The first kappa shape index (κ1) is 11.5. The summed E-state index contributed by atoms with van der Waals surface area (Å²) in [7, 11) is 1.12. The molecule has 0 aliphatic carbocycles. The van der Waals surface area contributed by atoms with Crippen molar-refractivity contribution in [3.63, 3.8) is 0 Å². The molecule has 0 spiro atoms. The number of nitrogens with zero attached hydrogens (tertiary/aromatic N) is 1. The first-order chi connectivity index (χ1) is 7.04. The summed E-state index contributed by atoms with van der Waals surface area (Å²) in [6, 6.07) is 8.77. The molecule has 0 heterocycles. The highest BCUT2D eigenvalue weighted by Crippen LogP contribution is 2.18. The zero-order chi connectivity index (χ0) is 11.3. The monoisotopic (exact) mass is 213 g/mol. The van der Waals surface area contributed by atoms with E-state index in [0.29, 0.717) is 5.56 Å². The van der Waals surface area contributed by atoms with E-state index in [2.05, 4.69) is 4.99 Å². The van der Waals surface area contributed by atoms with E-state index in [1.54, 1.807) is 30.3 Å². The molecule has 0 amide bonds. The number of halogens is 3. The van der Waals surface area contributed by atoms with E-state index in [9.17, 15) is 13.2 Å². The molecule has 0 saturated heterocycles. The van der Waals surface area contributed by atoms with Crippen LogP contribution in [-0.2, 0) is 0 Å². The Kier molecular flexibility index (Phi) is 3.66. The quantitative estimate of drug-likeness (QED) is 0.668. The third-order valence-electron chi connectivity index (χ3n) is 1.76. The second-order valence-electron chi connectivity index (χ2n) is 2.85. The van der Waals surface area contributed by atoms with E-state index in [-0.39, 0.29) is 0 Å². The van der Waals surface area contributed by atoms with Gasteiger partial charge >= 0.3 is 6.18 Å². The van der Waals surface area contributed by atoms with Gasteiger partial charge in [-0.2, -0.15) is 13.2 Å². The van der Waals surface area contributed by atoms with Crippen LogP contribution in [0.4, 0.5) is 13.2 Å². The Morgan fingerprint density at radius 3 is 2.27 bits per heavy atom. The summed E-state index contributed by atoms with van der Waals surface area (Å²) in [6.07, 6.45) is -2.04. The Balaban J connectivity index is 2.82. The first-order valence-electron chi connectivity index (χ1n) is 4.31. The molecule has 1 nitrogen and oxygen atoms in total. The smallest absolute Gasteiger partial charge is 0.284 e. The molecule has 0 fully saturated rings. The average molecular weight is 213 g/mol. The van der Waals surface area contributed by atoms with Gasteiger partial charge in [0.1, 0.15) is 5.71 Å². The maximum Gasteiger partial charge on any atom is 0.432 e. The summed E-state index contributed by atoms with van der Waals surface area (Å²) in [6.45, 7) is 0. The van der Waals surface area contributed by atoms with Gasteiger partial charge in [-0.15, -0.1) is 0 Å². The van der Waals surface area contributed by atoms with Gasteiger partial charge in [0.2, 0.25) is 0 Å². The maximum atomic E-state index is 12.2. The fourth-order valence-corrected chi connectivity index (χ4v) is 1.04. The Morgan fingerprint density at radius 2 is 1.80 bits per heavy atom. The molecule has 0 aliphatic heterocycles. The molecule has 0 bridgehead atoms. The lowest BCUT2D eigenvalue weighted by molar-refractivity contribution is -0.0577. The summed E-state index contributed by atoms with van der Waals surface area (Å²) < 4.78 is 36.7. The molecule has 0 radical (unpaired) electrons. The molecule has 4 heteroatoms. The van der Waals surface area contributed by atoms with Crippen LogP contribution >= 0.6 is 0 Å². The molecule has 0 N–H and O–H groups in total. The average Bonchev–Trinajstić information content (AvgIpc) is 2.18. The number of aliphatic imine (C=N–C) groups is 1. The SMILES string of the molecule is CN=C(/C=C/c1ccccc1)C(F)(F)F. The van der Waals surface area contributed by atoms with Crippen LogP contribution < -0.4 is 0 Å². The molecule has 0 aliphatic rings. The number of rotatable bonds is 2. The summed E-state index contributed by atoms with van der Waals surface area (Å²) in [5.74, 6) is 0. The number of hydrogen-bond donors (Lipinski definition) is 0. The second kappa shape index (κ2) is 4.77. The molecule has 0 aromatic heterocycles. The van der Waals surface area contributed by atoms with Gasteiger partial charge in [-0.05, 0) is 11.6 Å². The summed E-state index contributed by atoms with van der Waals surface area (Å²) >= 11 is 0. The Bertz CT molecular complexity index is 363. The highest BCUT2D eigenvalue weighted by molar-refractivity contribution is 6.02. The summed E-state index contributed by atoms with van der Waals surface area (Å²) in [5.41, 5.74) is -0.172.